The van der Waals surface area contributed by atoms with Gasteiger partial charge in [0.2, 0.25) is 0 Å². The molecule has 0 saturated heterocycles. The van der Waals surface area contributed by atoms with Gasteiger partial charge in [-0.1, -0.05) is 18.2 Å². The molecular weight excluding hydrogens is 227 g/mol. The average Bonchev–Trinajstić information content (AvgIpc) is 2.40. The molecule has 0 saturated carbocycles. The zero-order chi connectivity index (χ0) is 12.1. The van der Waals surface area contributed by atoms with Crippen LogP contribution in [0.5, 0.6) is 0 Å². The maximum atomic E-state index is 3.29. The molecule has 2 nitrogen and oxygen atoms in total. The predicted molar refractivity (Wildman–Crippen MR) is 78.9 cm³/mol. The molecule has 1 atom stereocenters. The molecule has 88 valence electrons. The van der Waals surface area contributed by atoms with Crippen molar-refractivity contribution >= 4 is 26.5 Å². The molecule has 17 heavy (non-hydrogen) atoms. The highest BCUT2D eigenvalue weighted by atomic mass is 31.0. The molecule has 0 aliphatic rings. The zero-order valence-corrected chi connectivity index (χ0v) is 11.1. The SMILES string of the molecule is CCNc1ccc(N(P)c2ccccc2)cc1. The monoisotopic (exact) mass is 244 g/mol. The van der Waals surface area contributed by atoms with Gasteiger partial charge >= 0.3 is 0 Å². The number of nitrogens with one attached hydrogen (secondary N) is 1. The number of hydrogen-bond acceptors (Lipinski definition) is 2. The van der Waals surface area contributed by atoms with E-state index >= 15 is 0 Å². The van der Waals surface area contributed by atoms with Gasteiger partial charge in [-0.05, 0) is 52.7 Å². The van der Waals surface area contributed by atoms with E-state index in [9.17, 15) is 0 Å². The van der Waals surface area contributed by atoms with E-state index in [0.717, 1.165) is 23.6 Å². The summed E-state index contributed by atoms with van der Waals surface area (Å²) in [5.74, 6) is 0. The van der Waals surface area contributed by atoms with E-state index in [2.05, 4.69) is 62.7 Å². The highest BCUT2D eigenvalue weighted by molar-refractivity contribution is 7.19. The summed E-state index contributed by atoms with van der Waals surface area (Å²) < 4.78 is 2.09. The van der Waals surface area contributed by atoms with Gasteiger partial charge < -0.3 is 9.99 Å². The summed E-state index contributed by atoms with van der Waals surface area (Å²) in [4.78, 5) is 0. The van der Waals surface area contributed by atoms with Gasteiger partial charge in [-0.2, -0.15) is 0 Å². The molecule has 0 spiro atoms. The second kappa shape index (κ2) is 5.70. The minimum atomic E-state index is 0.947. The Bertz CT molecular complexity index is 453. The van der Waals surface area contributed by atoms with Crippen molar-refractivity contribution in [1.29, 1.82) is 0 Å². The summed E-state index contributed by atoms with van der Waals surface area (Å²) in [6.07, 6.45) is 0. The third-order valence-electron chi connectivity index (χ3n) is 2.56. The van der Waals surface area contributed by atoms with E-state index in [0.29, 0.717) is 0 Å². The Morgan fingerprint density at radius 1 is 0.941 bits per heavy atom. The largest absolute Gasteiger partial charge is 0.385 e. The molecule has 1 unspecified atom stereocenters. The Morgan fingerprint density at radius 2 is 1.53 bits per heavy atom. The second-order valence-electron chi connectivity index (χ2n) is 3.78. The van der Waals surface area contributed by atoms with Crippen LogP contribution in [0.1, 0.15) is 6.92 Å². The van der Waals surface area contributed by atoms with Crippen LogP contribution >= 0.6 is 9.39 Å². The van der Waals surface area contributed by atoms with Crippen molar-refractivity contribution in [1.82, 2.24) is 0 Å². The first-order valence-corrected chi connectivity index (χ1v) is 6.26. The molecule has 0 aliphatic heterocycles. The molecule has 0 aliphatic carbocycles. The van der Waals surface area contributed by atoms with Crippen LogP contribution in [0, 0.1) is 0 Å². The Hall–Kier alpha value is -1.53. The van der Waals surface area contributed by atoms with E-state index in [4.69, 9.17) is 0 Å². The van der Waals surface area contributed by atoms with Crippen LogP contribution in [0.2, 0.25) is 0 Å². The molecule has 0 aromatic heterocycles. The van der Waals surface area contributed by atoms with Crippen LogP contribution in [-0.4, -0.2) is 6.54 Å². The second-order valence-corrected chi connectivity index (χ2v) is 4.30. The molecule has 0 radical (unpaired) electrons. The normalized spacial score (nSPS) is 10.0. The fraction of sp³-hybridized carbons (Fsp3) is 0.143. The molecule has 3 heteroatoms. The molecular formula is C14H17N2P. The molecule has 0 heterocycles. The lowest BCUT2D eigenvalue weighted by Gasteiger charge is -2.19. The lowest BCUT2D eigenvalue weighted by Crippen LogP contribution is -2.01. The van der Waals surface area contributed by atoms with Crippen LogP contribution in [0.25, 0.3) is 0 Å². The van der Waals surface area contributed by atoms with Gasteiger partial charge in [0.15, 0.2) is 0 Å². The van der Waals surface area contributed by atoms with Gasteiger partial charge in [-0.3, -0.25) is 0 Å². The minimum Gasteiger partial charge on any atom is -0.385 e. The van der Waals surface area contributed by atoms with Crippen LogP contribution in [0.3, 0.4) is 0 Å². The quantitative estimate of drug-likeness (QED) is 0.816. The summed E-state index contributed by atoms with van der Waals surface area (Å²) >= 11 is 0. The van der Waals surface area contributed by atoms with Gasteiger partial charge in [-0.25, -0.2) is 0 Å². The van der Waals surface area contributed by atoms with Crippen molar-refractivity contribution in [2.45, 2.75) is 6.92 Å². The van der Waals surface area contributed by atoms with Crippen molar-refractivity contribution in [2.24, 2.45) is 0 Å². The molecule has 2 aromatic rings. The van der Waals surface area contributed by atoms with Gasteiger partial charge in [0.05, 0.1) is 0 Å². The van der Waals surface area contributed by atoms with Crippen LogP contribution < -0.4 is 9.99 Å². The third-order valence-corrected chi connectivity index (χ3v) is 3.16. The van der Waals surface area contributed by atoms with Crippen molar-refractivity contribution in [3.8, 4) is 0 Å². The first-order chi connectivity index (χ1) is 8.31. The summed E-state index contributed by atoms with van der Waals surface area (Å²) in [6.45, 7) is 3.04. The first kappa shape index (κ1) is 11.9. The molecule has 0 amide bonds. The van der Waals surface area contributed by atoms with Crippen LogP contribution in [0.15, 0.2) is 54.6 Å². The zero-order valence-electron chi connectivity index (χ0n) is 9.93. The predicted octanol–water partition coefficient (Wildman–Crippen LogP) is 4.05. The minimum absolute atomic E-state index is 0.947. The molecule has 2 rings (SSSR count). The van der Waals surface area contributed by atoms with Gasteiger partial charge in [0.1, 0.15) is 0 Å². The molecule has 1 N–H and O–H groups in total. The van der Waals surface area contributed by atoms with Crippen molar-refractivity contribution in [2.75, 3.05) is 16.5 Å². The van der Waals surface area contributed by atoms with Gasteiger partial charge in [0, 0.05) is 23.6 Å². The highest BCUT2D eigenvalue weighted by Gasteiger charge is 2.02. The summed E-state index contributed by atoms with van der Waals surface area (Å²) in [5, 5.41) is 3.29. The maximum absolute atomic E-state index is 3.29. The van der Waals surface area contributed by atoms with Crippen LogP contribution in [-0.2, 0) is 0 Å². The topological polar surface area (TPSA) is 15.3 Å². The van der Waals surface area contributed by atoms with Gasteiger partial charge in [0.25, 0.3) is 0 Å². The molecule has 2 aromatic carbocycles. The fourth-order valence-corrected chi connectivity index (χ4v) is 2.03. The Balaban J connectivity index is 2.17. The van der Waals surface area contributed by atoms with E-state index in [1.807, 2.05) is 18.2 Å². The fourth-order valence-electron chi connectivity index (χ4n) is 1.68. The van der Waals surface area contributed by atoms with Crippen molar-refractivity contribution < 1.29 is 0 Å². The number of rotatable bonds is 4. The Kier molecular flexibility index (Phi) is 4.00. The highest BCUT2D eigenvalue weighted by Crippen LogP contribution is 2.29. The van der Waals surface area contributed by atoms with E-state index in [-0.39, 0.29) is 0 Å². The molecule has 0 fully saturated rings. The standard InChI is InChI=1S/C14H17N2P/c1-2-15-12-8-10-14(11-9-12)16(17)13-6-4-3-5-7-13/h3-11,15H,2,17H2,1H3. The average molecular weight is 244 g/mol. The van der Waals surface area contributed by atoms with E-state index < -0.39 is 0 Å². The lowest BCUT2D eigenvalue weighted by molar-refractivity contribution is 1.21. The van der Waals surface area contributed by atoms with E-state index in [1.165, 1.54) is 0 Å². The van der Waals surface area contributed by atoms with Crippen molar-refractivity contribution in [3.05, 3.63) is 54.6 Å². The number of nitrogens with zero attached hydrogens (tertiary/aromatic N) is 1. The smallest absolute Gasteiger partial charge is 0.0443 e. The Labute approximate surface area is 105 Å². The number of anilines is 3. The maximum Gasteiger partial charge on any atom is 0.0443 e. The summed E-state index contributed by atoms with van der Waals surface area (Å²) in [7, 11) is 2.74. The lowest BCUT2D eigenvalue weighted by atomic mass is 10.2. The number of para-hydroxylation sites is 1. The summed E-state index contributed by atoms with van der Waals surface area (Å²) in [5.41, 5.74) is 3.47. The number of hydrogen-bond donors (Lipinski definition) is 1. The molecule has 0 bridgehead atoms. The van der Waals surface area contributed by atoms with E-state index in [1.54, 1.807) is 0 Å². The third kappa shape index (κ3) is 2.98. The number of benzene rings is 2. The van der Waals surface area contributed by atoms with Crippen molar-refractivity contribution in [3.63, 3.8) is 0 Å². The summed E-state index contributed by atoms with van der Waals surface area (Å²) in [6, 6.07) is 18.7. The van der Waals surface area contributed by atoms with Crippen LogP contribution in [0.4, 0.5) is 17.1 Å². The Morgan fingerprint density at radius 3 is 2.12 bits per heavy atom. The van der Waals surface area contributed by atoms with Gasteiger partial charge in [-0.15, -0.1) is 0 Å². The first-order valence-electron chi connectivity index (χ1n) is 5.75.